The maximum absolute atomic E-state index is 10.7. The number of nitrogens with zero attached hydrogens (tertiary/aromatic N) is 3. The molecule has 0 saturated heterocycles. The number of thiazole rings is 1. The molecule has 104 valence electrons. The Bertz CT molecular complexity index is 860. The van der Waals surface area contributed by atoms with E-state index in [2.05, 4.69) is 25.9 Å². The lowest BCUT2D eigenvalue weighted by atomic mass is 10.2. The monoisotopic (exact) mass is 361 g/mol. The summed E-state index contributed by atoms with van der Waals surface area (Å²) in [6, 6.07) is 12.2. The van der Waals surface area contributed by atoms with Crippen LogP contribution in [0.5, 0.6) is 0 Å². The van der Waals surface area contributed by atoms with Crippen LogP contribution in [0.2, 0.25) is 0 Å². The molecule has 1 aromatic heterocycles. The van der Waals surface area contributed by atoms with Crippen LogP contribution in [0.3, 0.4) is 0 Å². The van der Waals surface area contributed by atoms with Gasteiger partial charge in [0.15, 0.2) is 0 Å². The number of hydrogen-bond acceptors (Lipinski definition) is 5. The Balaban J connectivity index is 1.90. The molecule has 3 aromatic rings. The van der Waals surface area contributed by atoms with Gasteiger partial charge in [-0.1, -0.05) is 39.4 Å². The lowest BCUT2D eigenvalue weighted by Gasteiger charge is -1.92. The van der Waals surface area contributed by atoms with Crippen LogP contribution in [-0.2, 0) is 0 Å². The number of benzene rings is 2. The van der Waals surface area contributed by atoms with Crippen molar-refractivity contribution >= 4 is 54.5 Å². The molecule has 3 rings (SSSR count). The van der Waals surface area contributed by atoms with Gasteiger partial charge >= 0.3 is 0 Å². The second-order valence-corrected chi connectivity index (χ2v) is 6.14. The first-order valence-corrected chi connectivity index (χ1v) is 7.57. The van der Waals surface area contributed by atoms with Gasteiger partial charge in [0.2, 0.25) is 5.13 Å². The van der Waals surface area contributed by atoms with Gasteiger partial charge in [0, 0.05) is 22.8 Å². The number of nitro benzene ring substituents is 1. The molecule has 0 aliphatic rings. The van der Waals surface area contributed by atoms with Crippen molar-refractivity contribution in [2.75, 3.05) is 0 Å². The lowest BCUT2D eigenvalue weighted by molar-refractivity contribution is -0.384. The number of nitro groups is 1. The zero-order valence-corrected chi connectivity index (χ0v) is 13.0. The van der Waals surface area contributed by atoms with Crippen molar-refractivity contribution in [1.82, 2.24) is 4.98 Å². The van der Waals surface area contributed by atoms with E-state index >= 15 is 0 Å². The highest BCUT2D eigenvalue weighted by molar-refractivity contribution is 9.10. The Morgan fingerprint density at radius 2 is 2.14 bits per heavy atom. The molecule has 0 N–H and O–H groups in total. The van der Waals surface area contributed by atoms with Gasteiger partial charge in [-0.2, -0.15) is 0 Å². The predicted molar refractivity (Wildman–Crippen MR) is 87.7 cm³/mol. The number of non-ortho nitro benzene ring substituents is 1. The highest BCUT2D eigenvalue weighted by Crippen LogP contribution is 2.30. The average Bonchev–Trinajstić information content (AvgIpc) is 2.87. The van der Waals surface area contributed by atoms with E-state index in [0.717, 1.165) is 14.7 Å². The van der Waals surface area contributed by atoms with Crippen LogP contribution in [0, 0.1) is 10.1 Å². The Morgan fingerprint density at radius 3 is 2.95 bits per heavy atom. The van der Waals surface area contributed by atoms with Crippen molar-refractivity contribution in [3.05, 3.63) is 62.6 Å². The van der Waals surface area contributed by atoms with Gasteiger partial charge in [-0.3, -0.25) is 10.1 Å². The molecule has 0 atom stereocenters. The first-order valence-electron chi connectivity index (χ1n) is 5.96. The maximum Gasteiger partial charge on any atom is 0.270 e. The number of rotatable bonds is 3. The molecule has 1 heterocycles. The summed E-state index contributed by atoms with van der Waals surface area (Å²) >= 11 is 4.88. The van der Waals surface area contributed by atoms with Gasteiger partial charge < -0.3 is 0 Å². The van der Waals surface area contributed by atoms with Gasteiger partial charge in [-0.15, -0.1) is 0 Å². The smallest absolute Gasteiger partial charge is 0.258 e. The zero-order valence-electron chi connectivity index (χ0n) is 10.6. The molecular weight excluding hydrogens is 354 g/mol. The van der Waals surface area contributed by atoms with Crippen molar-refractivity contribution < 1.29 is 4.92 Å². The molecule has 0 bridgehead atoms. The second-order valence-electron chi connectivity index (χ2n) is 4.22. The van der Waals surface area contributed by atoms with Crippen LogP contribution in [0.4, 0.5) is 10.8 Å². The van der Waals surface area contributed by atoms with Crippen LogP contribution < -0.4 is 0 Å². The minimum Gasteiger partial charge on any atom is -0.258 e. The van der Waals surface area contributed by atoms with Crippen molar-refractivity contribution in [3.63, 3.8) is 0 Å². The van der Waals surface area contributed by atoms with Gasteiger partial charge in [0.1, 0.15) is 0 Å². The third-order valence-corrected chi connectivity index (χ3v) is 4.16. The first-order chi connectivity index (χ1) is 10.1. The quantitative estimate of drug-likeness (QED) is 0.385. The van der Waals surface area contributed by atoms with E-state index in [-0.39, 0.29) is 5.69 Å². The van der Waals surface area contributed by atoms with E-state index < -0.39 is 4.92 Å². The molecule has 0 aliphatic carbocycles. The molecule has 2 aromatic carbocycles. The van der Waals surface area contributed by atoms with E-state index in [1.165, 1.54) is 23.5 Å². The van der Waals surface area contributed by atoms with E-state index in [4.69, 9.17) is 0 Å². The summed E-state index contributed by atoms with van der Waals surface area (Å²) in [7, 11) is 0. The van der Waals surface area contributed by atoms with Crippen molar-refractivity contribution in [2.24, 2.45) is 4.99 Å². The van der Waals surface area contributed by atoms with Crippen molar-refractivity contribution in [3.8, 4) is 0 Å². The molecule has 0 fully saturated rings. The number of aliphatic imine (C=N–C) groups is 1. The molecule has 0 unspecified atom stereocenters. The summed E-state index contributed by atoms with van der Waals surface area (Å²) in [5.74, 6) is 0. The molecule has 7 heteroatoms. The highest BCUT2D eigenvalue weighted by Gasteiger charge is 2.05. The Kier molecular flexibility index (Phi) is 3.76. The van der Waals surface area contributed by atoms with Gasteiger partial charge in [-0.05, 0) is 23.8 Å². The third kappa shape index (κ3) is 3.14. The summed E-state index contributed by atoms with van der Waals surface area (Å²) in [4.78, 5) is 19.0. The summed E-state index contributed by atoms with van der Waals surface area (Å²) in [5.41, 5.74) is 1.60. The summed E-state index contributed by atoms with van der Waals surface area (Å²) < 4.78 is 2.03. The third-order valence-electron chi connectivity index (χ3n) is 2.74. The standard InChI is InChI=1S/C14H8BrN3O2S/c15-10-4-5-12-13(7-10)21-14(17-12)16-8-9-2-1-3-11(6-9)18(19)20/h1-8H/b16-8+. The fourth-order valence-corrected chi connectivity index (χ4v) is 3.15. The Morgan fingerprint density at radius 1 is 1.29 bits per heavy atom. The van der Waals surface area contributed by atoms with E-state index in [0.29, 0.717) is 10.7 Å². The van der Waals surface area contributed by atoms with Crippen molar-refractivity contribution in [1.29, 1.82) is 0 Å². The molecule has 0 amide bonds. The lowest BCUT2D eigenvalue weighted by Crippen LogP contribution is -1.89. The molecule has 21 heavy (non-hydrogen) atoms. The minimum absolute atomic E-state index is 0.0483. The molecule has 0 radical (unpaired) electrons. The maximum atomic E-state index is 10.7. The molecule has 0 aliphatic heterocycles. The largest absolute Gasteiger partial charge is 0.270 e. The topological polar surface area (TPSA) is 68.4 Å². The van der Waals surface area contributed by atoms with Crippen LogP contribution in [0.1, 0.15) is 5.56 Å². The first kappa shape index (κ1) is 13.8. The van der Waals surface area contributed by atoms with E-state index in [9.17, 15) is 10.1 Å². The molecule has 0 spiro atoms. The second kappa shape index (κ2) is 5.71. The number of fused-ring (bicyclic) bond motifs is 1. The van der Waals surface area contributed by atoms with E-state index in [1.807, 2.05) is 18.2 Å². The predicted octanol–water partition coefficient (Wildman–Crippen LogP) is 4.72. The summed E-state index contributed by atoms with van der Waals surface area (Å²) in [6.45, 7) is 0. The average molecular weight is 362 g/mol. The number of hydrogen-bond donors (Lipinski definition) is 0. The van der Waals surface area contributed by atoms with Crippen LogP contribution >= 0.6 is 27.3 Å². The SMILES string of the molecule is O=[N+]([O-])c1cccc(/C=N/c2nc3ccc(Br)cc3s2)c1. The normalized spacial score (nSPS) is 11.3. The Hall–Kier alpha value is -2.12. The van der Waals surface area contributed by atoms with E-state index in [1.54, 1.807) is 18.3 Å². The fraction of sp³-hybridized carbons (Fsp3) is 0. The Labute approximate surface area is 132 Å². The van der Waals surface area contributed by atoms with Gasteiger partial charge in [0.25, 0.3) is 5.69 Å². The molecular formula is C14H8BrN3O2S. The van der Waals surface area contributed by atoms with Gasteiger partial charge in [-0.25, -0.2) is 9.98 Å². The molecule has 0 saturated carbocycles. The van der Waals surface area contributed by atoms with Gasteiger partial charge in [0.05, 0.1) is 15.1 Å². The van der Waals surface area contributed by atoms with Crippen LogP contribution in [0.25, 0.3) is 10.2 Å². The summed E-state index contributed by atoms with van der Waals surface area (Å²) in [6.07, 6.45) is 1.58. The van der Waals surface area contributed by atoms with Crippen LogP contribution in [-0.4, -0.2) is 16.1 Å². The fourth-order valence-electron chi connectivity index (χ4n) is 1.79. The van der Waals surface area contributed by atoms with Crippen LogP contribution in [0.15, 0.2) is 51.9 Å². The zero-order chi connectivity index (χ0) is 14.8. The minimum atomic E-state index is -0.424. The van der Waals surface area contributed by atoms with Crippen molar-refractivity contribution in [2.45, 2.75) is 0 Å². The number of aromatic nitrogens is 1. The summed E-state index contributed by atoms with van der Waals surface area (Å²) in [5, 5.41) is 11.3. The number of halogens is 1. The highest BCUT2D eigenvalue weighted by atomic mass is 79.9. The molecule has 5 nitrogen and oxygen atoms in total.